The second kappa shape index (κ2) is 8.15. The summed E-state index contributed by atoms with van der Waals surface area (Å²) >= 11 is 0. The number of nitrogens with zero attached hydrogens (tertiary/aromatic N) is 3. The van der Waals surface area contributed by atoms with Crippen molar-refractivity contribution in [2.75, 3.05) is 25.1 Å². The lowest BCUT2D eigenvalue weighted by Crippen LogP contribution is -2.12. The minimum absolute atomic E-state index is 0.430. The number of aromatic nitrogens is 3. The molecule has 26 heavy (non-hydrogen) atoms. The standard InChI is InChI=1S/C21H24N4O/c1-2-6-17(7-3-1)20-21(18-9-13-26-15-18)25(16-24-20)12-5-11-23-19-8-4-10-22-14-19/h1-4,6-8,10,14,16,18,23H,5,9,11-13,15H2. The number of ether oxygens (including phenoxy) is 1. The van der Waals surface area contributed by atoms with Crippen molar-refractivity contribution in [1.82, 2.24) is 14.5 Å². The van der Waals surface area contributed by atoms with Crippen molar-refractivity contribution in [2.24, 2.45) is 0 Å². The van der Waals surface area contributed by atoms with Crippen molar-refractivity contribution in [2.45, 2.75) is 25.3 Å². The number of benzene rings is 1. The Morgan fingerprint density at radius 2 is 2.08 bits per heavy atom. The molecule has 5 heteroatoms. The second-order valence-electron chi connectivity index (χ2n) is 6.62. The Bertz CT molecular complexity index is 811. The van der Waals surface area contributed by atoms with E-state index in [0.29, 0.717) is 5.92 Å². The zero-order valence-electron chi connectivity index (χ0n) is 14.8. The third-order valence-corrected chi connectivity index (χ3v) is 4.81. The molecule has 0 aliphatic carbocycles. The number of anilines is 1. The molecule has 0 saturated carbocycles. The average molecular weight is 348 g/mol. The van der Waals surface area contributed by atoms with Gasteiger partial charge in [0.15, 0.2) is 0 Å². The van der Waals surface area contributed by atoms with Crippen LogP contribution in [-0.4, -0.2) is 34.3 Å². The summed E-state index contributed by atoms with van der Waals surface area (Å²) in [6.07, 6.45) is 7.73. The highest BCUT2D eigenvalue weighted by Crippen LogP contribution is 2.33. The van der Waals surface area contributed by atoms with Crippen LogP contribution >= 0.6 is 0 Å². The number of hydrogen-bond donors (Lipinski definition) is 1. The van der Waals surface area contributed by atoms with Gasteiger partial charge in [-0.05, 0) is 25.0 Å². The molecule has 1 saturated heterocycles. The predicted molar refractivity (Wildman–Crippen MR) is 103 cm³/mol. The summed E-state index contributed by atoms with van der Waals surface area (Å²) in [6, 6.07) is 14.4. The van der Waals surface area contributed by atoms with E-state index in [-0.39, 0.29) is 0 Å². The van der Waals surface area contributed by atoms with E-state index in [2.05, 4.69) is 39.1 Å². The molecule has 4 rings (SSSR count). The van der Waals surface area contributed by atoms with Gasteiger partial charge in [-0.1, -0.05) is 30.3 Å². The van der Waals surface area contributed by atoms with Crippen LogP contribution in [0.3, 0.4) is 0 Å². The van der Waals surface area contributed by atoms with E-state index in [1.807, 2.05) is 30.7 Å². The molecule has 0 bridgehead atoms. The molecule has 1 fully saturated rings. The molecule has 3 heterocycles. The maximum Gasteiger partial charge on any atom is 0.0956 e. The highest BCUT2D eigenvalue weighted by atomic mass is 16.5. The van der Waals surface area contributed by atoms with Gasteiger partial charge in [-0.3, -0.25) is 4.98 Å². The van der Waals surface area contributed by atoms with Crippen LogP contribution < -0.4 is 5.32 Å². The molecular weight excluding hydrogens is 324 g/mol. The summed E-state index contributed by atoms with van der Waals surface area (Å²) < 4.78 is 7.96. The molecule has 1 aliphatic rings. The van der Waals surface area contributed by atoms with E-state index < -0.39 is 0 Å². The molecule has 5 nitrogen and oxygen atoms in total. The van der Waals surface area contributed by atoms with E-state index in [4.69, 9.17) is 9.72 Å². The molecule has 2 aromatic heterocycles. The minimum Gasteiger partial charge on any atom is -0.384 e. The predicted octanol–water partition coefficient (Wildman–Crippen LogP) is 3.95. The summed E-state index contributed by atoms with van der Waals surface area (Å²) in [5, 5.41) is 3.42. The lowest BCUT2D eigenvalue weighted by molar-refractivity contribution is 0.193. The highest BCUT2D eigenvalue weighted by Gasteiger charge is 2.25. The molecule has 134 valence electrons. The monoisotopic (exact) mass is 348 g/mol. The van der Waals surface area contributed by atoms with Crippen LogP contribution in [0.5, 0.6) is 0 Å². The highest BCUT2D eigenvalue weighted by molar-refractivity contribution is 5.62. The van der Waals surface area contributed by atoms with Gasteiger partial charge >= 0.3 is 0 Å². The van der Waals surface area contributed by atoms with Gasteiger partial charge in [-0.15, -0.1) is 0 Å². The maximum atomic E-state index is 5.65. The van der Waals surface area contributed by atoms with Crippen LogP contribution in [0.2, 0.25) is 0 Å². The molecule has 0 spiro atoms. The van der Waals surface area contributed by atoms with Gasteiger partial charge in [0.2, 0.25) is 0 Å². The fourth-order valence-electron chi connectivity index (χ4n) is 3.52. The van der Waals surface area contributed by atoms with Crippen LogP contribution in [0, 0.1) is 0 Å². The molecule has 3 aromatic rings. The topological polar surface area (TPSA) is 52.0 Å². The van der Waals surface area contributed by atoms with Crippen LogP contribution in [0.25, 0.3) is 11.3 Å². The number of rotatable bonds is 7. The summed E-state index contributed by atoms with van der Waals surface area (Å²) in [7, 11) is 0. The van der Waals surface area contributed by atoms with Gasteiger partial charge in [0, 0.05) is 43.6 Å². The number of pyridine rings is 1. The van der Waals surface area contributed by atoms with E-state index in [1.54, 1.807) is 6.20 Å². The van der Waals surface area contributed by atoms with Crippen molar-refractivity contribution < 1.29 is 4.74 Å². The fraction of sp³-hybridized carbons (Fsp3) is 0.333. The number of aryl methyl sites for hydroxylation is 1. The van der Waals surface area contributed by atoms with Gasteiger partial charge in [0.25, 0.3) is 0 Å². The number of imidazole rings is 1. The van der Waals surface area contributed by atoms with Gasteiger partial charge in [0.1, 0.15) is 0 Å². The van der Waals surface area contributed by atoms with Gasteiger partial charge in [-0.2, -0.15) is 0 Å². The summed E-state index contributed by atoms with van der Waals surface area (Å²) in [5.41, 5.74) is 4.66. The van der Waals surface area contributed by atoms with Crippen LogP contribution in [-0.2, 0) is 11.3 Å². The molecule has 1 N–H and O–H groups in total. The SMILES string of the molecule is c1ccc(-c2ncn(CCCNc3cccnc3)c2C2CCOC2)cc1. The van der Waals surface area contributed by atoms with Gasteiger partial charge < -0.3 is 14.6 Å². The molecule has 1 aliphatic heterocycles. The summed E-state index contributed by atoms with van der Waals surface area (Å²) in [4.78, 5) is 8.88. The van der Waals surface area contributed by atoms with E-state index >= 15 is 0 Å². The third kappa shape index (κ3) is 3.78. The minimum atomic E-state index is 0.430. The molecule has 1 aromatic carbocycles. The molecule has 0 radical (unpaired) electrons. The summed E-state index contributed by atoms with van der Waals surface area (Å²) in [5.74, 6) is 0.430. The zero-order valence-corrected chi connectivity index (χ0v) is 14.8. The third-order valence-electron chi connectivity index (χ3n) is 4.81. The first-order valence-corrected chi connectivity index (χ1v) is 9.24. The first kappa shape index (κ1) is 16.8. The largest absolute Gasteiger partial charge is 0.384 e. The molecular formula is C21H24N4O. The van der Waals surface area contributed by atoms with Crippen molar-refractivity contribution >= 4 is 5.69 Å². The Morgan fingerprint density at radius 1 is 1.15 bits per heavy atom. The first-order valence-electron chi connectivity index (χ1n) is 9.24. The molecule has 1 unspecified atom stereocenters. The Balaban J connectivity index is 1.47. The van der Waals surface area contributed by atoms with E-state index in [9.17, 15) is 0 Å². The molecule has 1 atom stereocenters. The number of nitrogens with one attached hydrogen (secondary N) is 1. The van der Waals surface area contributed by atoms with Crippen molar-refractivity contribution in [1.29, 1.82) is 0 Å². The van der Waals surface area contributed by atoms with Crippen molar-refractivity contribution in [3.05, 3.63) is 66.9 Å². The maximum absolute atomic E-state index is 5.65. The molecule has 0 amide bonds. The smallest absolute Gasteiger partial charge is 0.0956 e. The van der Waals surface area contributed by atoms with Crippen molar-refractivity contribution in [3.63, 3.8) is 0 Å². The van der Waals surface area contributed by atoms with Crippen LogP contribution in [0.1, 0.15) is 24.5 Å². The number of hydrogen-bond acceptors (Lipinski definition) is 4. The quantitative estimate of drug-likeness (QED) is 0.657. The van der Waals surface area contributed by atoms with Gasteiger partial charge in [0.05, 0.1) is 30.0 Å². The van der Waals surface area contributed by atoms with E-state index in [1.165, 1.54) is 11.3 Å². The Labute approximate surface area is 154 Å². The summed E-state index contributed by atoms with van der Waals surface area (Å²) in [6.45, 7) is 3.48. The van der Waals surface area contributed by atoms with Crippen LogP contribution in [0.15, 0.2) is 61.2 Å². The lowest BCUT2D eigenvalue weighted by atomic mass is 9.99. The van der Waals surface area contributed by atoms with E-state index in [0.717, 1.165) is 50.5 Å². The van der Waals surface area contributed by atoms with Gasteiger partial charge in [-0.25, -0.2) is 4.98 Å². The normalized spacial score (nSPS) is 16.7. The second-order valence-corrected chi connectivity index (χ2v) is 6.62. The average Bonchev–Trinajstić information content (AvgIpc) is 3.36. The Morgan fingerprint density at radius 3 is 2.85 bits per heavy atom. The first-order chi connectivity index (χ1) is 12.9. The zero-order chi connectivity index (χ0) is 17.6. The Kier molecular flexibility index (Phi) is 5.26. The Hall–Kier alpha value is -2.66. The van der Waals surface area contributed by atoms with Crippen molar-refractivity contribution in [3.8, 4) is 11.3 Å². The fourth-order valence-corrected chi connectivity index (χ4v) is 3.52. The lowest BCUT2D eigenvalue weighted by Gasteiger charge is -2.15. The van der Waals surface area contributed by atoms with Crippen LogP contribution in [0.4, 0.5) is 5.69 Å².